The first-order valence-corrected chi connectivity index (χ1v) is 9.44. The van der Waals surface area contributed by atoms with Gasteiger partial charge in [0.1, 0.15) is 0 Å². The van der Waals surface area contributed by atoms with Crippen molar-refractivity contribution in [2.75, 3.05) is 6.54 Å². The van der Waals surface area contributed by atoms with Crippen LogP contribution in [-0.2, 0) is 4.74 Å². The first-order valence-electron chi connectivity index (χ1n) is 9.44. The summed E-state index contributed by atoms with van der Waals surface area (Å²) in [7, 11) is 0. The zero-order valence-corrected chi connectivity index (χ0v) is 15.0. The van der Waals surface area contributed by atoms with E-state index >= 15 is 0 Å². The Labute approximate surface area is 132 Å². The van der Waals surface area contributed by atoms with Crippen LogP contribution in [0.1, 0.15) is 79.6 Å². The van der Waals surface area contributed by atoms with E-state index < -0.39 is 0 Å². The minimum absolute atomic E-state index is 0.388. The van der Waals surface area contributed by atoms with Crippen LogP contribution in [0.4, 0.5) is 0 Å². The second-order valence-electron chi connectivity index (χ2n) is 7.85. The highest BCUT2D eigenvalue weighted by Gasteiger charge is 2.53. The van der Waals surface area contributed by atoms with Gasteiger partial charge in [-0.25, -0.2) is 0 Å². The molecule has 2 heteroatoms. The summed E-state index contributed by atoms with van der Waals surface area (Å²) in [4.78, 5) is 0. The third-order valence-electron chi connectivity index (χ3n) is 6.23. The Balaban J connectivity index is 1.93. The fraction of sp³-hybridized carbons (Fsp3) is 1.00. The molecule has 0 spiro atoms. The van der Waals surface area contributed by atoms with Crippen molar-refractivity contribution < 1.29 is 4.74 Å². The highest BCUT2D eigenvalue weighted by atomic mass is 16.5. The van der Waals surface area contributed by atoms with Crippen molar-refractivity contribution in [2.24, 2.45) is 17.3 Å². The van der Waals surface area contributed by atoms with Crippen molar-refractivity contribution >= 4 is 0 Å². The maximum absolute atomic E-state index is 6.64. The highest BCUT2D eigenvalue weighted by molar-refractivity contribution is 5.07. The summed E-state index contributed by atoms with van der Waals surface area (Å²) >= 11 is 0. The summed E-state index contributed by atoms with van der Waals surface area (Å²) in [5.74, 6) is 1.68. The molecule has 4 atom stereocenters. The number of ether oxygens (including phenoxy) is 1. The number of nitrogens with one attached hydrogen (secondary N) is 1. The molecule has 0 bridgehead atoms. The summed E-state index contributed by atoms with van der Waals surface area (Å²) in [6.45, 7) is 12.9. The highest BCUT2D eigenvalue weighted by Crippen LogP contribution is 2.50. The topological polar surface area (TPSA) is 21.3 Å². The van der Waals surface area contributed by atoms with Gasteiger partial charge in [0.25, 0.3) is 0 Å². The van der Waals surface area contributed by atoms with Crippen molar-refractivity contribution in [3.05, 3.63) is 0 Å². The van der Waals surface area contributed by atoms with Gasteiger partial charge in [-0.05, 0) is 63.3 Å². The molecule has 0 radical (unpaired) electrons. The van der Waals surface area contributed by atoms with Crippen LogP contribution in [0.3, 0.4) is 0 Å². The molecule has 0 aromatic carbocycles. The van der Waals surface area contributed by atoms with Crippen LogP contribution in [0.25, 0.3) is 0 Å². The van der Waals surface area contributed by atoms with E-state index in [1.54, 1.807) is 0 Å². The van der Waals surface area contributed by atoms with E-state index in [0.717, 1.165) is 18.4 Å². The van der Waals surface area contributed by atoms with Gasteiger partial charge in [0.15, 0.2) is 0 Å². The summed E-state index contributed by atoms with van der Waals surface area (Å²) in [6, 6.07) is 0.677. The predicted octanol–water partition coefficient (Wildman–Crippen LogP) is 4.77. The van der Waals surface area contributed by atoms with Crippen LogP contribution in [0.5, 0.6) is 0 Å². The third kappa shape index (κ3) is 3.64. The maximum atomic E-state index is 6.64. The van der Waals surface area contributed by atoms with E-state index in [0.29, 0.717) is 23.7 Å². The fourth-order valence-corrected chi connectivity index (χ4v) is 4.96. The number of hydrogen-bond donors (Lipinski definition) is 1. The molecule has 0 aromatic rings. The van der Waals surface area contributed by atoms with Crippen LogP contribution in [0.15, 0.2) is 0 Å². The third-order valence-corrected chi connectivity index (χ3v) is 6.23. The molecule has 2 aliphatic carbocycles. The lowest BCUT2D eigenvalue weighted by atomic mass is 9.58. The lowest BCUT2D eigenvalue weighted by Gasteiger charge is -2.57. The van der Waals surface area contributed by atoms with E-state index in [2.05, 4.69) is 39.9 Å². The van der Waals surface area contributed by atoms with E-state index in [1.807, 2.05) is 0 Å². The van der Waals surface area contributed by atoms with Gasteiger partial charge in [0.2, 0.25) is 0 Å². The van der Waals surface area contributed by atoms with Crippen molar-refractivity contribution in [1.82, 2.24) is 5.32 Å². The lowest BCUT2D eigenvalue weighted by Crippen LogP contribution is -2.64. The Kier molecular flexibility index (Phi) is 6.14. The molecule has 0 heterocycles. The molecule has 1 N–H and O–H groups in total. The Morgan fingerprint density at radius 2 is 1.57 bits per heavy atom. The average Bonchev–Trinajstić information content (AvgIpc) is 2.42. The first kappa shape index (κ1) is 17.3. The maximum Gasteiger partial charge on any atom is 0.0664 e. The van der Waals surface area contributed by atoms with Crippen LogP contribution < -0.4 is 5.32 Å². The molecular weight excluding hydrogens is 258 g/mol. The summed E-state index contributed by atoms with van der Waals surface area (Å²) in [6.07, 6.45) is 9.88. The van der Waals surface area contributed by atoms with Gasteiger partial charge in [-0.3, -0.25) is 0 Å². The van der Waals surface area contributed by atoms with Gasteiger partial charge in [-0.15, -0.1) is 0 Å². The number of hydrogen-bond acceptors (Lipinski definition) is 2. The Morgan fingerprint density at radius 3 is 2.10 bits per heavy atom. The van der Waals surface area contributed by atoms with Gasteiger partial charge in [-0.1, -0.05) is 34.6 Å². The van der Waals surface area contributed by atoms with Crippen molar-refractivity contribution in [3.63, 3.8) is 0 Å². The van der Waals surface area contributed by atoms with Gasteiger partial charge < -0.3 is 10.1 Å². The standard InChI is InChI=1S/C19H37NO/c1-6-9-20-17-13-18(19(17,7-2)8-3)21-16-11-14(4)10-15(5)12-16/h14-18,20H,6-13H2,1-5H3. The van der Waals surface area contributed by atoms with Crippen molar-refractivity contribution in [3.8, 4) is 0 Å². The van der Waals surface area contributed by atoms with E-state index in [9.17, 15) is 0 Å². The monoisotopic (exact) mass is 295 g/mol. The molecular formula is C19H37NO. The minimum Gasteiger partial charge on any atom is -0.374 e. The molecule has 2 nitrogen and oxygen atoms in total. The van der Waals surface area contributed by atoms with Crippen molar-refractivity contribution in [2.45, 2.75) is 97.8 Å². The molecule has 2 saturated carbocycles. The average molecular weight is 296 g/mol. The molecule has 4 unspecified atom stereocenters. The zero-order valence-electron chi connectivity index (χ0n) is 15.0. The molecule has 21 heavy (non-hydrogen) atoms. The Bertz CT molecular complexity index is 303. The molecule has 0 aliphatic heterocycles. The summed E-state index contributed by atoms with van der Waals surface area (Å²) in [5.41, 5.74) is 0.388. The smallest absolute Gasteiger partial charge is 0.0664 e. The zero-order chi connectivity index (χ0) is 15.5. The van der Waals surface area contributed by atoms with Gasteiger partial charge >= 0.3 is 0 Å². The normalized spacial score (nSPS) is 39.0. The molecule has 0 aromatic heterocycles. The number of rotatable bonds is 7. The molecule has 2 fully saturated rings. The quantitative estimate of drug-likeness (QED) is 0.730. The second kappa shape index (κ2) is 7.46. The molecule has 2 rings (SSSR count). The molecule has 0 saturated heterocycles. The van der Waals surface area contributed by atoms with Crippen LogP contribution in [-0.4, -0.2) is 24.8 Å². The molecule has 2 aliphatic rings. The van der Waals surface area contributed by atoms with Gasteiger partial charge in [0.05, 0.1) is 12.2 Å². The van der Waals surface area contributed by atoms with E-state index in [1.165, 1.54) is 44.9 Å². The van der Waals surface area contributed by atoms with Crippen LogP contribution >= 0.6 is 0 Å². The Hall–Kier alpha value is -0.0800. The second-order valence-corrected chi connectivity index (χ2v) is 7.85. The predicted molar refractivity (Wildman–Crippen MR) is 90.6 cm³/mol. The first-order chi connectivity index (χ1) is 10.1. The lowest BCUT2D eigenvalue weighted by molar-refractivity contribution is -0.177. The SMILES string of the molecule is CCCNC1CC(OC2CC(C)CC(C)C2)C1(CC)CC. The molecule has 0 amide bonds. The Morgan fingerprint density at radius 1 is 0.952 bits per heavy atom. The fourth-order valence-electron chi connectivity index (χ4n) is 4.96. The van der Waals surface area contributed by atoms with Gasteiger partial charge in [-0.2, -0.15) is 0 Å². The molecule has 124 valence electrons. The minimum atomic E-state index is 0.388. The van der Waals surface area contributed by atoms with Crippen molar-refractivity contribution in [1.29, 1.82) is 0 Å². The summed E-state index contributed by atoms with van der Waals surface area (Å²) < 4.78 is 6.64. The summed E-state index contributed by atoms with van der Waals surface area (Å²) in [5, 5.41) is 3.77. The van der Waals surface area contributed by atoms with E-state index in [4.69, 9.17) is 4.74 Å². The van der Waals surface area contributed by atoms with Crippen LogP contribution in [0, 0.1) is 17.3 Å². The largest absolute Gasteiger partial charge is 0.374 e. The van der Waals surface area contributed by atoms with Crippen LogP contribution in [0.2, 0.25) is 0 Å². The van der Waals surface area contributed by atoms with E-state index in [-0.39, 0.29) is 0 Å². The van der Waals surface area contributed by atoms with Gasteiger partial charge in [0, 0.05) is 11.5 Å².